The Hall–Kier alpha value is -3.25. The molecule has 3 rings (SSSR count). The molecule has 0 radical (unpaired) electrons. The number of aromatic nitrogens is 2. The van der Waals surface area contributed by atoms with Crippen LogP contribution >= 0.6 is 0 Å². The molecular weight excluding hydrogens is 439 g/mol. The molecule has 1 N–H and O–H groups in total. The van der Waals surface area contributed by atoms with Crippen molar-refractivity contribution in [3.8, 4) is 6.07 Å². The third-order valence-electron chi connectivity index (χ3n) is 5.64. The molecule has 2 aromatic rings. The normalized spacial score (nSPS) is 15.0. The number of hydrogen-bond donors (Lipinski definition) is 1. The fourth-order valence-electron chi connectivity index (χ4n) is 3.88. The largest absolute Gasteiger partial charge is 0.461 e. The van der Waals surface area contributed by atoms with Gasteiger partial charge in [0, 0.05) is 31.7 Å². The SMILES string of the molecule is CCc1nn(CC(C)(C)COC(=O)c2ccc(C#N)c(F)c2)c2c1C(=O)NCCCOCCC2. The summed E-state index contributed by atoms with van der Waals surface area (Å²) >= 11 is 0. The van der Waals surface area contributed by atoms with E-state index in [0.717, 1.165) is 30.3 Å². The number of nitrogens with one attached hydrogen (secondary N) is 1. The molecule has 0 spiro atoms. The van der Waals surface area contributed by atoms with Crippen molar-refractivity contribution in [2.24, 2.45) is 5.41 Å². The van der Waals surface area contributed by atoms with Crippen molar-refractivity contribution < 1.29 is 23.5 Å². The number of nitrogens with zero attached hydrogens (tertiary/aromatic N) is 3. The molecule has 0 saturated carbocycles. The van der Waals surface area contributed by atoms with Gasteiger partial charge in [0.2, 0.25) is 0 Å². The number of hydrogen-bond acceptors (Lipinski definition) is 6. The molecule has 8 nitrogen and oxygen atoms in total. The number of carbonyl (C=O) groups excluding carboxylic acids is 2. The summed E-state index contributed by atoms with van der Waals surface area (Å²) in [5.74, 6) is -1.54. The summed E-state index contributed by atoms with van der Waals surface area (Å²) in [6.07, 6.45) is 2.81. The molecule has 0 saturated heterocycles. The zero-order chi connectivity index (χ0) is 24.7. The van der Waals surface area contributed by atoms with Crippen LogP contribution in [0.25, 0.3) is 0 Å². The molecular formula is C25H31FN4O4. The van der Waals surface area contributed by atoms with Crippen LogP contribution in [-0.2, 0) is 28.9 Å². The Morgan fingerprint density at radius 1 is 1.35 bits per heavy atom. The van der Waals surface area contributed by atoms with Crippen molar-refractivity contribution in [2.75, 3.05) is 26.4 Å². The molecule has 1 amide bonds. The maximum Gasteiger partial charge on any atom is 0.338 e. The summed E-state index contributed by atoms with van der Waals surface area (Å²) in [7, 11) is 0. The van der Waals surface area contributed by atoms with Gasteiger partial charge in [-0.15, -0.1) is 0 Å². The highest BCUT2D eigenvalue weighted by atomic mass is 19.1. The maximum atomic E-state index is 13.9. The van der Waals surface area contributed by atoms with E-state index in [0.29, 0.717) is 44.7 Å². The van der Waals surface area contributed by atoms with E-state index in [1.54, 1.807) is 6.07 Å². The maximum absolute atomic E-state index is 13.9. The molecule has 1 aliphatic heterocycles. The zero-order valence-electron chi connectivity index (χ0n) is 19.9. The molecule has 1 aromatic carbocycles. The van der Waals surface area contributed by atoms with Crippen LogP contribution in [0.4, 0.5) is 4.39 Å². The van der Waals surface area contributed by atoms with Crippen LogP contribution in [0.5, 0.6) is 0 Å². The van der Waals surface area contributed by atoms with Gasteiger partial charge in [0.25, 0.3) is 5.91 Å². The average molecular weight is 471 g/mol. The van der Waals surface area contributed by atoms with Gasteiger partial charge in [-0.25, -0.2) is 9.18 Å². The fourth-order valence-corrected chi connectivity index (χ4v) is 3.88. The lowest BCUT2D eigenvalue weighted by molar-refractivity contribution is 0.0304. The number of nitriles is 1. The number of esters is 1. The van der Waals surface area contributed by atoms with E-state index in [9.17, 15) is 14.0 Å². The summed E-state index contributed by atoms with van der Waals surface area (Å²) in [6, 6.07) is 5.36. The number of ether oxygens (including phenoxy) is 2. The first-order valence-corrected chi connectivity index (χ1v) is 11.6. The standard InChI is InChI=1S/C25H31FN4O4/c1-4-20-22-21(7-5-11-33-12-6-10-28-23(22)31)30(29-20)15-25(2,3)16-34-24(32)17-8-9-18(14-27)19(26)13-17/h8-9,13H,4-7,10-12,15-16H2,1-3H3,(H,28,31). The first-order chi connectivity index (χ1) is 16.3. The second-order valence-corrected chi connectivity index (χ2v) is 9.15. The summed E-state index contributed by atoms with van der Waals surface area (Å²) in [5.41, 5.74) is 1.64. The summed E-state index contributed by atoms with van der Waals surface area (Å²) in [6.45, 7) is 8.12. The van der Waals surface area contributed by atoms with Gasteiger partial charge in [-0.3, -0.25) is 9.48 Å². The number of benzene rings is 1. The lowest BCUT2D eigenvalue weighted by Gasteiger charge is -2.25. The summed E-state index contributed by atoms with van der Waals surface area (Å²) < 4.78 is 26.8. The van der Waals surface area contributed by atoms with Crippen molar-refractivity contribution in [2.45, 2.75) is 53.0 Å². The van der Waals surface area contributed by atoms with Gasteiger partial charge < -0.3 is 14.8 Å². The lowest BCUT2D eigenvalue weighted by atomic mass is 9.94. The van der Waals surface area contributed by atoms with Gasteiger partial charge in [0.1, 0.15) is 11.9 Å². The summed E-state index contributed by atoms with van der Waals surface area (Å²) in [5, 5.41) is 16.5. The predicted molar refractivity (Wildman–Crippen MR) is 123 cm³/mol. The molecule has 0 bridgehead atoms. The first kappa shape index (κ1) is 25.4. The van der Waals surface area contributed by atoms with Crippen LogP contribution in [0.3, 0.4) is 0 Å². The second kappa shape index (κ2) is 11.3. The Labute approximate surface area is 199 Å². The number of amides is 1. The minimum Gasteiger partial charge on any atom is -0.461 e. The van der Waals surface area contributed by atoms with E-state index < -0.39 is 17.2 Å². The first-order valence-electron chi connectivity index (χ1n) is 11.6. The highest BCUT2D eigenvalue weighted by Gasteiger charge is 2.28. The number of halogens is 1. The van der Waals surface area contributed by atoms with Gasteiger partial charge in [0.15, 0.2) is 0 Å². The third kappa shape index (κ3) is 6.20. The van der Waals surface area contributed by atoms with Crippen molar-refractivity contribution in [3.05, 3.63) is 52.1 Å². The average Bonchev–Trinajstić information content (AvgIpc) is 3.13. The monoisotopic (exact) mass is 470 g/mol. The number of fused-ring (bicyclic) bond motifs is 1. The molecule has 182 valence electrons. The van der Waals surface area contributed by atoms with Crippen molar-refractivity contribution in [3.63, 3.8) is 0 Å². The van der Waals surface area contributed by atoms with Crippen LogP contribution in [0.2, 0.25) is 0 Å². The molecule has 1 aromatic heterocycles. The van der Waals surface area contributed by atoms with Crippen LogP contribution in [0, 0.1) is 22.6 Å². The zero-order valence-corrected chi connectivity index (χ0v) is 19.9. The smallest absolute Gasteiger partial charge is 0.338 e. The second-order valence-electron chi connectivity index (χ2n) is 9.15. The Bertz CT molecular complexity index is 1090. The number of carbonyl (C=O) groups is 2. The number of aryl methyl sites for hydroxylation is 1. The van der Waals surface area contributed by atoms with Gasteiger partial charge in [0.05, 0.1) is 34.7 Å². The number of rotatable bonds is 6. The van der Waals surface area contributed by atoms with E-state index in [2.05, 4.69) is 5.32 Å². The Kier molecular flexibility index (Phi) is 8.40. The van der Waals surface area contributed by atoms with Crippen molar-refractivity contribution >= 4 is 11.9 Å². The third-order valence-corrected chi connectivity index (χ3v) is 5.64. The van der Waals surface area contributed by atoms with E-state index in [1.807, 2.05) is 25.5 Å². The molecule has 0 unspecified atom stereocenters. The molecule has 0 aliphatic carbocycles. The topological polar surface area (TPSA) is 106 Å². The van der Waals surface area contributed by atoms with Crippen LogP contribution in [0.15, 0.2) is 18.2 Å². The van der Waals surface area contributed by atoms with Crippen LogP contribution in [-0.4, -0.2) is 48.0 Å². The minimum absolute atomic E-state index is 0.0461. The van der Waals surface area contributed by atoms with Crippen molar-refractivity contribution in [1.29, 1.82) is 5.26 Å². The van der Waals surface area contributed by atoms with Gasteiger partial charge in [-0.05, 0) is 43.9 Å². The Morgan fingerprint density at radius 3 is 2.82 bits per heavy atom. The van der Waals surface area contributed by atoms with Crippen LogP contribution < -0.4 is 5.32 Å². The molecule has 1 aliphatic rings. The quantitative estimate of drug-likeness (QED) is 0.649. The van der Waals surface area contributed by atoms with Gasteiger partial charge in [-0.2, -0.15) is 10.4 Å². The lowest BCUT2D eigenvalue weighted by Crippen LogP contribution is -2.29. The molecule has 2 heterocycles. The predicted octanol–water partition coefficient (Wildman–Crippen LogP) is 3.42. The van der Waals surface area contributed by atoms with Gasteiger partial charge >= 0.3 is 5.97 Å². The Balaban J connectivity index is 1.76. The highest BCUT2D eigenvalue weighted by molar-refractivity contribution is 5.96. The van der Waals surface area contributed by atoms with E-state index >= 15 is 0 Å². The van der Waals surface area contributed by atoms with Crippen LogP contribution in [0.1, 0.15) is 71.3 Å². The molecule has 0 atom stereocenters. The van der Waals surface area contributed by atoms with Crippen molar-refractivity contribution in [1.82, 2.24) is 15.1 Å². The fraction of sp³-hybridized carbons (Fsp3) is 0.520. The highest BCUT2D eigenvalue weighted by Crippen LogP contribution is 2.25. The molecule has 9 heteroatoms. The molecule has 34 heavy (non-hydrogen) atoms. The molecule has 0 fully saturated rings. The van der Waals surface area contributed by atoms with E-state index in [4.69, 9.17) is 19.8 Å². The Morgan fingerprint density at radius 2 is 2.12 bits per heavy atom. The van der Waals surface area contributed by atoms with Gasteiger partial charge in [-0.1, -0.05) is 20.8 Å². The summed E-state index contributed by atoms with van der Waals surface area (Å²) in [4.78, 5) is 25.4. The van der Waals surface area contributed by atoms with E-state index in [1.165, 1.54) is 12.1 Å². The van der Waals surface area contributed by atoms with E-state index in [-0.39, 0.29) is 23.6 Å². The minimum atomic E-state index is -0.761.